The fraction of sp³-hybridized carbons (Fsp3) is 0.308. The zero-order chi connectivity index (χ0) is 11.5. The van der Waals surface area contributed by atoms with E-state index in [4.69, 9.17) is 4.74 Å². The van der Waals surface area contributed by atoms with Gasteiger partial charge in [-0.1, -0.05) is 6.07 Å². The predicted octanol–water partition coefficient (Wildman–Crippen LogP) is 2.35. The Bertz CT molecular complexity index is 514. The topological polar surface area (TPSA) is 30.7 Å². The number of ether oxygens (including phenoxy) is 1. The van der Waals surface area contributed by atoms with Crippen LogP contribution in [0.4, 0.5) is 0 Å². The third-order valence-electron chi connectivity index (χ3n) is 2.62. The summed E-state index contributed by atoms with van der Waals surface area (Å²) in [6.45, 7) is 4.27. The van der Waals surface area contributed by atoms with Crippen molar-refractivity contribution in [2.24, 2.45) is 0 Å². The van der Waals surface area contributed by atoms with Crippen molar-refractivity contribution in [3.05, 3.63) is 41.7 Å². The predicted molar refractivity (Wildman–Crippen MR) is 62.5 cm³/mol. The molecular weight excluding hydrogens is 202 g/mol. The van der Waals surface area contributed by atoms with Gasteiger partial charge in [0.2, 0.25) is 0 Å². The monoisotopic (exact) mass is 217 g/mol. The summed E-state index contributed by atoms with van der Waals surface area (Å²) in [5.41, 5.74) is 3.24. The summed E-state index contributed by atoms with van der Waals surface area (Å²) in [7, 11) is 0. The zero-order valence-corrected chi connectivity index (χ0v) is 9.56. The van der Waals surface area contributed by atoms with Crippen LogP contribution in [0.15, 0.2) is 30.5 Å². The Morgan fingerprint density at radius 2 is 2.25 bits per heavy atom. The van der Waals surface area contributed by atoms with Crippen molar-refractivity contribution in [2.45, 2.75) is 20.3 Å². The maximum absolute atomic E-state index is 11.5. The lowest BCUT2D eigenvalue weighted by Crippen LogP contribution is -2.10. The summed E-state index contributed by atoms with van der Waals surface area (Å²) in [4.78, 5) is 11.5. The van der Waals surface area contributed by atoms with Gasteiger partial charge < -0.3 is 9.14 Å². The fourth-order valence-corrected chi connectivity index (χ4v) is 1.89. The van der Waals surface area contributed by atoms with E-state index in [1.165, 1.54) is 0 Å². The van der Waals surface area contributed by atoms with Gasteiger partial charge in [0.1, 0.15) is 0 Å². The van der Waals surface area contributed by atoms with Crippen LogP contribution in [-0.2, 0) is 16.0 Å². The van der Waals surface area contributed by atoms with Crippen molar-refractivity contribution in [2.75, 3.05) is 6.61 Å². The first-order chi connectivity index (χ1) is 7.72. The molecule has 0 saturated heterocycles. The second kappa shape index (κ2) is 4.39. The number of carbonyl (C=O) groups excluding carboxylic acids is 1. The molecule has 2 aromatic heterocycles. The van der Waals surface area contributed by atoms with E-state index in [2.05, 4.69) is 6.07 Å². The highest BCUT2D eigenvalue weighted by Gasteiger charge is 2.11. The first-order valence-corrected chi connectivity index (χ1v) is 5.43. The fourth-order valence-electron chi connectivity index (χ4n) is 1.89. The van der Waals surface area contributed by atoms with Crippen molar-refractivity contribution in [3.8, 4) is 0 Å². The van der Waals surface area contributed by atoms with E-state index in [0.717, 1.165) is 16.8 Å². The first kappa shape index (κ1) is 10.7. The smallest absolute Gasteiger partial charge is 0.311 e. The highest BCUT2D eigenvalue weighted by atomic mass is 16.5. The lowest BCUT2D eigenvalue weighted by atomic mass is 10.2. The van der Waals surface area contributed by atoms with Gasteiger partial charge in [0, 0.05) is 17.4 Å². The maximum atomic E-state index is 11.5. The average molecular weight is 217 g/mol. The van der Waals surface area contributed by atoms with Crippen LogP contribution >= 0.6 is 0 Å². The minimum Gasteiger partial charge on any atom is -0.466 e. The molecule has 2 aromatic rings. The zero-order valence-electron chi connectivity index (χ0n) is 9.56. The summed E-state index contributed by atoms with van der Waals surface area (Å²) in [5, 5.41) is 0. The van der Waals surface area contributed by atoms with Crippen LogP contribution < -0.4 is 0 Å². The number of carbonyl (C=O) groups is 1. The SMILES string of the molecule is CCOC(=O)Cc1c(C)cc2ccccn12. The number of pyridine rings is 1. The minimum absolute atomic E-state index is 0.172. The van der Waals surface area contributed by atoms with Crippen LogP contribution in [0.1, 0.15) is 18.2 Å². The number of hydrogen-bond acceptors (Lipinski definition) is 2. The molecule has 0 aliphatic rings. The molecule has 0 radical (unpaired) electrons. The maximum Gasteiger partial charge on any atom is 0.311 e. The average Bonchev–Trinajstić information content (AvgIpc) is 2.56. The number of hydrogen-bond donors (Lipinski definition) is 0. The summed E-state index contributed by atoms with van der Waals surface area (Å²) >= 11 is 0. The number of aromatic nitrogens is 1. The third-order valence-corrected chi connectivity index (χ3v) is 2.62. The van der Waals surface area contributed by atoms with E-state index in [1.54, 1.807) is 0 Å². The van der Waals surface area contributed by atoms with Gasteiger partial charge >= 0.3 is 5.97 Å². The molecule has 0 aliphatic heterocycles. The Kier molecular flexibility index (Phi) is 2.95. The summed E-state index contributed by atoms with van der Waals surface area (Å²) in [6.07, 6.45) is 2.30. The van der Waals surface area contributed by atoms with Crippen molar-refractivity contribution >= 4 is 11.5 Å². The number of aryl methyl sites for hydroxylation is 1. The molecule has 16 heavy (non-hydrogen) atoms. The highest BCUT2D eigenvalue weighted by molar-refractivity contribution is 5.73. The number of rotatable bonds is 3. The van der Waals surface area contributed by atoms with Crippen LogP contribution in [0.3, 0.4) is 0 Å². The second-order valence-corrected chi connectivity index (χ2v) is 3.75. The summed E-state index contributed by atoms with van der Waals surface area (Å²) in [5.74, 6) is -0.172. The molecule has 3 heteroatoms. The van der Waals surface area contributed by atoms with E-state index >= 15 is 0 Å². The molecule has 0 aromatic carbocycles. The van der Waals surface area contributed by atoms with Crippen molar-refractivity contribution in [1.29, 1.82) is 0 Å². The lowest BCUT2D eigenvalue weighted by molar-refractivity contribution is -0.142. The Hall–Kier alpha value is -1.77. The van der Waals surface area contributed by atoms with Crippen molar-refractivity contribution in [1.82, 2.24) is 4.40 Å². The molecule has 3 nitrogen and oxygen atoms in total. The molecule has 0 saturated carbocycles. The quantitative estimate of drug-likeness (QED) is 0.739. The number of nitrogens with zero attached hydrogens (tertiary/aromatic N) is 1. The van der Waals surface area contributed by atoms with Gasteiger partial charge in [-0.15, -0.1) is 0 Å². The molecule has 0 N–H and O–H groups in total. The van der Waals surface area contributed by atoms with Gasteiger partial charge in [0.15, 0.2) is 0 Å². The minimum atomic E-state index is -0.172. The van der Waals surface area contributed by atoms with Crippen LogP contribution in [0.25, 0.3) is 5.52 Å². The van der Waals surface area contributed by atoms with E-state index in [1.807, 2.05) is 42.6 Å². The van der Waals surface area contributed by atoms with Gasteiger partial charge in [-0.3, -0.25) is 4.79 Å². The molecule has 2 heterocycles. The van der Waals surface area contributed by atoms with Gasteiger partial charge in [-0.25, -0.2) is 0 Å². The van der Waals surface area contributed by atoms with Crippen LogP contribution in [0.2, 0.25) is 0 Å². The van der Waals surface area contributed by atoms with Crippen LogP contribution in [0, 0.1) is 6.92 Å². The van der Waals surface area contributed by atoms with Gasteiger partial charge in [0.25, 0.3) is 0 Å². The van der Waals surface area contributed by atoms with E-state index in [9.17, 15) is 4.79 Å². The normalized spacial score (nSPS) is 10.6. The van der Waals surface area contributed by atoms with E-state index in [0.29, 0.717) is 13.0 Å². The Morgan fingerprint density at radius 3 is 3.00 bits per heavy atom. The van der Waals surface area contributed by atoms with Crippen molar-refractivity contribution < 1.29 is 9.53 Å². The molecule has 0 spiro atoms. The van der Waals surface area contributed by atoms with Crippen LogP contribution in [-0.4, -0.2) is 17.0 Å². The number of esters is 1. The van der Waals surface area contributed by atoms with Crippen LogP contribution in [0.5, 0.6) is 0 Å². The van der Waals surface area contributed by atoms with Gasteiger partial charge in [-0.2, -0.15) is 0 Å². The lowest BCUT2D eigenvalue weighted by Gasteiger charge is -2.04. The van der Waals surface area contributed by atoms with Gasteiger partial charge in [-0.05, 0) is 37.6 Å². The third kappa shape index (κ3) is 1.94. The molecule has 0 amide bonds. The Labute approximate surface area is 94.6 Å². The largest absolute Gasteiger partial charge is 0.466 e. The molecule has 0 atom stereocenters. The Morgan fingerprint density at radius 1 is 1.44 bits per heavy atom. The second-order valence-electron chi connectivity index (χ2n) is 3.75. The summed E-state index contributed by atoms with van der Waals surface area (Å²) < 4.78 is 7.00. The molecular formula is C13H15NO2. The number of fused-ring (bicyclic) bond motifs is 1. The molecule has 2 rings (SSSR count). The standard InChI is InChI=1S/C13H15NO2/c1-3-16-13(15)9-12-10(2)8-11-6-4-5-7-14(11)12/h4-8H,3,9H2,1-2H3. The molecule has 0 unspecified atom stereocenters. The molecule has 0 fully saturated rings. The Balaban J connectivity index is 2.36. The first-order valence-electron chi connectivity index (χ1n) is 5.43. The van der Waals surface area contributed by atoms with E-state index < -0.39 is 0 Å². The molecule has 0 aliphatic carbocycles. The van der Waals surface area contributed by atoms with Crippen molar-refractivity contribution in [3.63, 3.8) is 0 Å². The molecule has 0 bridgehead atoms. The van der Waals surface area contributed by atoms with E-state index in [-0.39, 0.29) is 5.97 Å². The van der Waals surface area contributed by atoms with Gasteiger partial charge in [0.05, 0.1) is 13.0 Å². The highest BCUT2D eigenvalue weighted by Crippen LogP contribution is 2.16. The molecule has 84 valence electrons. The summed E-state index contributed by atoms with van der Waals surface area (Å²) in [6, 6.07) is 8.06.